The number of amides is 1. The van der Waals surface area contributed by atoms with Crippen LogP contribution in [-0.2, 0) is 24.4 Å². The van der Waals surface area contributed by atoms with Crippen LogP contribution in [0.2, 0.25) is 10.0 Å². The minimum Gasteiger partial charge on any atom is -0.493 e. The Bertz CT molecular complexity index is 1990. The summed E-state index contributed by atoms with van der Waals surface area (Å²) in [5.41, 5.74) is 6.51. The molecular formula is C44H46Cl3N3O4. The van der Waals surface area contributed by atoms with E-state index in [2.05, 4.69) is 72.3 Å². The maximum atomic E-state index is 13.0. The monoisotopic (exact) mass is 785 g/mol. The second kappa shape index (κ2) is 19.7. The molecule has 0 atom stereocenters. The normalized spacial score (nSPS) is 13.2. The Morgan fingerprint density at radius 3 is 2.26 bits per heavy atom. The maximum absolute atomic E-state index is 13.0. The van der Waals surface area contributed by atoms with Crippen LogP contribution < -0.4 is 14.2 Å². The highest BCUT2D eigenvalue weighted by Crippen LogP contribution is 2.29. The fourth-order valence-electron chi connectivity index (χ4n) is 6.04. The Labute approximate surface area is 334 Å². The first-order chi connectivity index (χ1) is 25.7. The van der Waals surface area contributed by atoms with Gasteiger partial charge in [-0.1, -0.05) is 91.6 Å². The molecule has 1 aliphatic heterocycles. The molecule has 4 aromatic carbocycles. The summed E-state index contributed by atoms with van der Waals surface area (Å²) in [6, 6.07) is 32.0. The summed E-state index contributed by atoms with van der Waals surface area (Å²) in [5, 5.41) is 0.970. The van der Waals surface area contributed by atoms with Crippen LogP contribution >= 0.6 is 35.6 Å². The molecular weight excluding hydrogens is 741 g/mol. The van der Waals surface area contributed by atoms with E-state index in [1.165, 1.54) is 16.7 Å². The highest BCUT2D eigenvalue weighted by atomic mass is 35.5. The van der Waals surface area contributed by atoms with Crippen LogP contribution in [0.3, 0.4) is 0 Å². The number of halogens is 3. The van der Waals surface area contributed by atoms with Gasteiger partial charge >= 0.3 is 0 Å². The van der Waals surface area contributed by atoms with Crippen LogP contribution in [0.25, 0.3) is 6.08 Å². The maximum Gasteiger partial charge on any atom is 0.246 e. The molecule has 1 saturated heterocycles. The Kier molecular flexibility index (Phi) is 14.8. The molecule has 0 unspecified atom stereocenters. The minimum absolute atomic E-state index is 0. The van der Waals surface area contributed by atoms with Gasteiger partial charge in [0.1, 0.15) is 23.9 Å². The zero-order chi connectivity index (χ0) is 37.2. The molecule has 1 aliphatic rings. The van der Waals surface area contributed by atoms with Gasteiger partial charge < -0.3 is 19.1 Å². The molecule has 1 fully saturated rings. The highest BCUT2D eigenvalue weighted by Gasteiger charge is 2.20. The number of carbonyl (C=O) groups excluding carboxylic acids is 1. The molecule has 1 aromatic heterocycles. The van der Waals surface area contributed by atoms with E-state index in [1.54, 1.807) is 30.5 Å². The van der Waals surface area contributed by atoms with E-state index in [9.17, 15) is 4.79 Å². The molecule has 0 saturated carbocycles. The lowest BCUT2D eigenvalue weighted by Gasteiger charge is -2.34. The molecule has 7 nitrogen and oxygen atoms in total. The molecule has 0 aliphatic carbocycles. The van der Waals surface area contributed by atoms with Crippen LogP contribution in [0, 0.1) is 6.92 Å². The van der Waals surface area contributed by atoms with Gasteiger partial charge in [-0.25, -0.2) is 4.98 Å². The van der Waals surface area contributed by atoms with Gasteiger partial charge in [0.15, 0.2) is 0 Å². The van der Waals surface area contributed by atoms with Crippen molar-refractivity contribution in [3.05, 3.63) is 153 Å². The number of carbonyl (C=O) groups is 1. The van der Waals surface area contributed by atoms with Gasteiger partial charge in [0.05, 0.1) is 22.8 Å². The number of hydrogen-bond donors (Lipinski definition) is 0. The van der Waals surface area contributed by atoms with Crippen molar-refractivity contribution >= 4 is 47.6 Å². The first-order valence-corrected chi connectivity index (χ1v) is 18.8. The Morgan fingerprint density at radius 1 is 0.852 bits per heavy atom. The van der Waals surface area contributed by atoms with Crippen molar-refractivity contribution < 1.29 is 19.0 Å². The van der Waals surface area contributed by atoms with Crippen molar-refractivity contribution in [2.45, 2.75) is 46.3 Å². The van der Waals surface area contributed by atoms with Crippen molar-refractivity contribution in [1.29, 1.82) is 0 Å². The minimum atomic E-state index is 0. The van der Waals surface area contributed by atoms with E-state index in [0.717, 1.165) is 48.5 Å². The largest absolute Gasteiger partial charge is 0.493 e. The summed E-state index contributed by atoms with van der Waals surface area (Å²) in [6.07, 6.45) is 5.99. The van der Waals surface area contributed by atoms with Gasteiger partial charge in [-0.3, -0.25) is 9.69 Å². The second-order valence-corrected chi connectivity index (χ2v) is 14.3. The number of rotatable bonds is 14. The van der Waals surface area contributed by atoms with E-state index >= 15 is 0 Å². The fraction of sp³-hybridized carbons (Fsp3) is 0.273. The molecule has 0 N–H and O–H groups in total. The van der Waals surface area contributed by atoms with Crippen molar-refractivity contribution in [2.75, 3.05) is 32.8 Å². The van der Waals surface area contributed by atoms with Gasteiger partial charge in [0.25, 0.3) is 0 Å². The molecule has 0 radical (unpaired) electrons. The summed E-state index contributed by atoms with van der Waals surface area (Å²) in [6.45, 7) is 11.2. The molecule has 282 valence electrons. The zero-order valence-electron chi connectivity index (χ0n) is 30.8. The number of hydrogen-bond acceptors (Lipinski definition) is 6. The lowest BCUT2D eigenvalue weighted by molar-refractivity contribution is -0.127. The summed E-state index contributed by atoms with van der Waals surface area (Å²) in [7, 11) is 0. The van der Waals surface area contributed by atoms with E-state index in [0.29, 0.717) is 53.0 Å². The second-order valence-electron chi connectivity index (χ2n) is 13.5. The third-order valence-corrected chi connectivity index (χ3v) is 10.1. The molecule has 2 heterocycles. The number of piperazine rings is 1. The molecule has 54 heavy (non-hydrogen) atoms. The Hall–Kier alpha value is -4.53. The summed E-state index contributed by atoms with van der Waals surface area (Å²) < 4.78 is 17.8. The lowest BCUT2D eigenvalue weighted by atomic mass is 10.0. The SMILES string of the molecule is Cc1cc(C=CC(=O)N2CCN(Cc3ccc(CCOc4ccc(C(C)C)cc4)cc3)CC2)ccc1Oc1ccc(OCc2cccc(Cl)c2Cl)cn1.Cl. The number of ether oxygens (including phenoxy) is 3. The topological polar surface area (TPSA) is 64.1 Å². The van der Waals surface area contributed by atoms with Gasteiger partial charge in [-0.15, -0.1) is 12.4 Å². The smallest absolute Gasteiger partial charge is 0.246 e. The van der Waals surface area contributed by atoms with E-state index in [1.807, 2.05) is 48.2 Å². The van der Waals surface area contributed by atoms with Crippen molar-refractivity contribution in [1.82, 2.24) is 14.8 Å². The average Bonchev–Trinajstić information content (AvgIpc) is 3.17. The molecule has 0 spiro atoms. The van der Waals surface area contributed by atoms with E-state index in [-0.39, 0.29) is 24.9 Å². The molecule has 1 amide bonds. The number of aryl methyl sites for hydroxylation is 1. The molecule has 5 aromatic rings. The van der Waals surface area contributed by atoms with Crippen LogP contribution in [0.5, 0.6) is 23.1 Å². The third kappa shape index (κ3) is 11.5. The van der Waals surface area contributed by atoms with Crippen molar-refractivity contribution in [3.63, 3.8) is 0 Å². The van der Waals surface area contributed by atoms with Crippen LogP contribution in [0.15, 0.2) is 109 Å². The van der Waals surface area contributed by atoms with Crippen molar-refractivity contribution in [2.24, 2.45) is 0 Å². The van der Waals surface area contributed by atoms with Crippen LogP contribution in [0.4, 0.5) is 0 Å². The summed E-state index contributed by atoms with van der Waals surface area (Å²) >= 11 is 12.3. The summed E-state index contributed by atoms with van der Waals surface area (Å²) in [4.78, 5) is 21.7. The number of benzene rings is 4. The lowest BCUT2D eigenvalue weighted by Crippen LogP contribution is -2.47. The number of aromatic nitrogens is 1. The zero-order valence-corrected chi connectivity index (χ0v) is 33.2. The van der Waals surface area contributed by atoms with Gasteiger partial charge in [0.2, 0.25) is 11.8 Å². The van der Waals surface area contributed by atoms with Gasteiger partial charge in [-0.05, 0) is 83.1 Å². The highest BCUT2D eigenvalue weighted by molar-refractivity contribution is 6.42. The Morgan fingerprint density at radius 2 is 1.57 bits per heavy atom. The molecule has 10 heteroatoms. The number of nitrogens with zero attached hydrogens (tertiary/aromatic N) is 3. The van der Waals surface area contributed by atoms with Crippen molar-refractivity contribution in [3.8, 4) is 23.1 Å². The fourth-order valence-corrected chi connectivity index (χ4v) is 6.42. The summed E-state index contributed by atoms with van der Waals surface area (Å²) in [5.74, 6) is 3.17. The average molecular weight is 787 g/mol. The first-order valence-electron chi connectivity index (χ1n) is 18.0. The van der Waals surface area contributed by atoms with Gasteiger partial charge in [-0.2, -0.15) is 0 Å². The quantitative estimate of drug-likeness (QED) is 0.104. The molecule has 0 bridgehead atoms. The van der Waals surface area contributed by atoms with Crippen LogP contribution in [0.1, 0.15) is 53.1 Å². The molecule has 6 rings (SSSR count). The third-order valence-electron chi connectivity index (χ3n) is 9.29. The standard InChI is InChI=1S/C44H45Cl2N3O4.ClH/c1-31(2)36-13-15-38(16-14-36)51-26-21-33-7-9-35(10-8-33)29-48-22-24-49(25-23-48)43(50)20-12-34-11-18-41(32(3)27-34)53-42-19-17-39(28-47-42)52-30-37-5-4-6-40(45)44(37)46;/h4-20,27-28,31H,21-26,29-30H2,1-3H3;1H. The van der Waals surface area contributed by atoms with Gasteiger partial charge in [0, 0.05) is 56.9 Å². The predicted molar refractivity (Wildman–Crippen MR) is 221 cm³/mol. The van der Waals surface area contributed by atoms with Crippen LogP contribution in [-0.4, -0.2) is 53.5 Å². The Balaban J connectivity index is 0.00000561. The predicted octanol–water partition coefficient (Wildman–Crippen LogP) is 10.6. The van der Waals surface area contributed by atoms with E-state index in [4.69, 9.17) is 37.4 Å². The number of pyridine rings is 1. The van der Waals surface area contributed by atoms with E-state index < -0.39 is 0 Å². The first kappa shape index (κ1) is 40.7.